The Hall–Kier alpha value is -2.36. The zero-order chi connectivity index (χ0) is 19.4. The summed E-state index contributed by atoms with van der Waals surface area (Å²) in [6.45, 7) is 4.50. The molecule has 0 spiro atoms. The summed E-state index contributed by atoms with van der Waals surface area (Å²) in [7, 11) is -0.369. The molecule has 0 radical (unpaired) electrons. The van der Waals surface area contributed by atoms with Crippen LogP contribution < -0.4 is 5.46 Å². The van der Waals surface area contributed by atoms with Crippen molar-refractivity contribution < 1.29 is 9.31 Å². The van der Waals surface area contributed by atoms with Crippen LogP contribution in [0.5, 0.6) is 0 Å². The molecule has 3 aromatic rings. The molecule has 0 N–H and O–H groups in total. The quantitative estimate of drug-likeness (QED) is 0.575. The third-order valence-corrected chi connectivity index (χ3v) is 6.04. The van der Waals surface area contributed by atoms with Gasteiger partial charge < -0.3 is 9.31 Å². The van der Waals surface area contributed by atoms with Gasteiger partial charge in [0.15, 0.2) is 0 Å². The van der Waals surface area contributed by atoms with Crippen LogP contribution in [-0.4, -0.2) is 12.7 Å². The molecule has 142 valence electrons. The van der Waals surface area contributed by atoms with E-state index in [4.69, 9.17) is 9.31 Å². The second-order valence-electron chi connectivity index (χ2n) is 7.70. The molecular weight excluding hydrogens is 343 g/mol. The molecule has 0 saturated carbocycles. The Kier molecular flexibility index (Phi) is 5.65. The van der Waals surface area contributed by atoms with Crippen molar-refractivity contribution in [3.63, 3.8) is 0 Å². The normalized spacial score (nSPS) is 24.9. The van der Waals surface area contributed by atoms with Crippen LogP contribution in [0.3, 0.4) is 0 Å². The van der Waals surface area contributed by atoms with Crippen LogP contribution in [0.1, 0.15) is 37.5 Å². The zero-order valence-electron chi connectivity index (χ0n) is 16.6. The van der Waals surface area contributed by atoms with Gasteiger partial charge in [0.05, 0.1) is 11.7 Å². The summed E-state index contributed by atoms with van der Waals surface area (Å²) in [5, 5.41) is 0. The molecule has 1 saturated heterocycles. The fourth-order valence-corrected chi connectivity index (χ4v) is 4.32. The topological polar surface area (TPSA) is 18.5 Å². The van der Waals surface area contributed by atoms with Gasteiger partial charge in [0, 0.05) is 12.3 Å². The van der Waals surface area contributed by atoms with Gasteiger partial charge in [-0.1, -0.05) is 105 Å². The summed E-state index contributed by atoms with van der Waals surface area (Å²) in [6, 6.07) is 31.5. The Labute approximate surface area is 168 Å². The predicted molar refractivity (Wildman–Crippen MR) is 116 cm³/mol. The first-order valence-corrected chi connectivity index (χ1v) is 10.2. The molecule has 0 bridgehead atoms. The van der Waals surface area contributed by atoms with Crippen molar-refractivity contribution in [1.82, 2.24) is 0 Å². The van der Waals surface area contributed by atoms with E-state index in [1.165, 1.54) is 11.1 Å². The molecule has 1 fully saturated rings. The molecule has 3 heteroatoms. The van der Waals surface area contributed by atoms with E-state index < -0.39 is 0 Å². The molecule has 3 atom stereocenters. The Balaban J connectivity index is 1.74. The highest BCUT2D eigenvalue weighted by atomic mass is 16.6. The lowest BCUT2D eigenvalue weighted by atomic mass is 9.68. The summed E-state index contributed by atoms with van der Waals surface area (Å²) in [6.07, 6.45) is 1.80. The molecule has 3 aromatic carbocycles. The molecule has 1 aliphatic rings. The third-order valence-electron chi connectivity index (χ3n) is 6.04. The van der Waals surface area contributed by atoms with Gasteiger partial charge in [0.2, 0.25) is 0 Å². The minimum atomic E-state index is -0.369. The lowest BCUT2D eigenvalue weighted by molar-refractivity contribution is -0.104. The van der Waals surface area contributed by atoms with Gasteiger partial charge in [-0.25, -0.2) is 0 Å². The van der Waals surface area contributed by atoms with Gasteiger partial charge >= 0.3 is 7.12 Å². The third kappa shape index (κ3) is 3.78. The average molecular weight is 370 g/mol. The van der Waals surface area contributed by atoms with Crippen molar-refractivity contribution >= 4 is 12.6 Å². The smallest absolute Gasteiger partial charge is 0.401 e. The number of hydrogen-bond donors (Lipinski definition) is 0. The van der Waals surface area contributed by atoms with E-state index in [2.05, 4.69) is 86.6 Å². The maximum Gasteiger partial charge on any atom is 0.494 e. The number of rotatable bonds is 5. The Morgan fingerprint density at radius 3 is 2.00 bits per heavy atom. The highest BCUT2D eigenvalue weighted by molar-refractivity contribution is 6.61. The molecule has 0 aromatic heterocycles. The van der Waals surface area contributed by atoms with E-state index in [-0.39, 0.29) is 24.7 Å². The summed E-state index contributed by atoms with van der Waals surface area (Å²) in [4.78, 5) is 0. The second-order valence-corrected chi connectivity index (χ2v) is 7.70. The standard InChI is InChI=1S/C25H27BO2/c1-3-25(19-21-13-7-4-8-14-21)20(2)24(22-15-9-5-10-16-22)27-26(28-25)23-17-11-6-12-18-23/h4-18,20,24H,3,19H2,1-2H3/t20-,24-,25+/m1/s1. The zero-order valence-corrected chi connectivity index (χ0v) is 16.6. The largest absolute Gasteiger partial charge is 0.494 e. The van der Waals surface area contributed by atoms with Gasteiger partial charge in [-0.15, -0.1) is 0 Å². The highest BCUT2D eigenvalue weighted by Crippen LogP contribution is 2.44. The van der Waals surface area contributed by atoms with Crippen LogP contribution in [0, 0.1) is 5.92 Å². The molecular formula is C25H27BO2. The summed E-state index contributed by atoms with van der Waals surface area (Å²) in [5.74, 6) is 0.222. The van der Waals surface area contributed by atoms with Gasteiger partial charge in [0.25, 0.3) is 0 Å². The monoisotopic (exact) mass is 370 g/mol. The minimum Gasteiger partial charge on any atom is -0.401 e. The molecule has 28 heavy (non-hydrogen) atoms. The van der Waals surface area contributed by atoms with Gasteiger partial charge in [-0.3, -0.25) is 0 Å². The Morgan fingerprint density at radius 2 is 1.39 bits per heavy atom. The maximum atomic E-state index is 6.75. The fraction of sp³-hybridized carbons (Fsp3) is 0.280. The van der Waals surface area contributed by atoms with Crippen LogP contribution in [-0.2, 0) is 15.7 Å². The van der Waals surface area contributed by atoms with E-state index in [1.807, 2.05) is 18.2 Å². The maximum absolute atomic E-state index is 6.75. The van der Waals surface area contributed by atoms with Crippen molar-refractivity contribution in [3.05, 3.63) is 102 Å². The van der Waals surface area contributed by atoms with Gasteiger partial charge in [0.1, 0.15) is 0 Å². The van der Waals surface area contributed by atoms with Crippen molar-refractivity contribution in [2.45, 2.75) is 38.4 Å². The number of hydrogen-bond acceptors (Lipinski definition) is 2. The van der Waals surface area contributed by atoms with Crippen molar-refractivity contribution in [3.8, 4) is 0 Å². The summed E-state index contributed by atoms with van der Waals surface area (Å²) >= 11 is 0. The van der Waals surface area contributed by atoms with Gasteiger partial charge in [-0.2, -0.15) is 0 Å². The second kappa shape index (κ2) is 8.34. The molecule has 1 aliphatic heterocycles. The first-order chi connectivity index (χ1) is 13.7. The minimum absolute atomic E-state index is 0.0104. The number of benzene rings is 3. The molecule has 0 aliphatic carbocycles. The molecule has 4 rings (SSSR count). The lowest BCUT2D eigenvalue weighted by Gasteiger charge is -2.49. The summed E-state index contributed by atoms with van der Waals surface area (Å²) < 4.78 is 13.3. The van der Waals surface area contributed by atoms with Crippen LogP contribution in [0.15, 0.2) is 91.0 Å². The van der Waals surface area contributed by atoms with Crippen LogP contribution in [0.2, 0.25) is 0 Å². The average Bonchev–Trinajstić information content (AvgIpc) is 2.77. The van der Waals surface area contributed by atoms with Crippen molar-refractivity contribution in [2.24, 2.45) is 5.92 Å². The van der Waals surface area contributed by atoms with E-state index >= 15 is 0 Å². The SMILES string of the molecule is CC[C@@]1(Cc2ccccc2)OB(c2ccccc2)O[C@@H](c2ccccc2)[C@H]1C. The van der Waals surface area contributed by atoms with Crippen molar-refractivity contribution in [1.29, 1.82) is 0 Å². The van der Waals surface area contributed by atoms with Gasteiger partial charge in [-0.05, 0) is 23.0 Å². The summed E-state index contributed by atoms with van der Waals surface area (Å²) in [5.41, 5.74) is 3.30. The lowest BCUT2D eigenvalue weighted by Crippen LogP contribution is -2.57. The molecule has 0 unspecified atom stereocenters. The van der Waals surface area contributed by atoms with Crippen LogP contribution in [0.25, 0.3) is 0 Å². The van der Waals surface area contributed by atoms with E-state index in [1.54, 1.807) is 0 Å². The predicted octanol–water partition coefficient (Wildman–Crippen LogP) is 5.20. The van der Waals surface area contributed by atoms with E-state index in [9.17, 15) is 0 Å². The first kappa shape index (κ1) is 19.0. The molecule has 0 amide bonds. The molecule has 1 heterocycles. The Morgan fingerprint density at radius 1 is 0.821 bits per heavy atom. The fourth-order valence-electron chi connectivity index (χ4n) is 4.32. The van der Waals surface area contributed by atoms with E-state index in [0.29, 0.717) is 0 Å². The van der Waals surface area contributed by atoms with Crippen LogP contribution >= 0.6 is 0 Å². The molecule has 2 nitrogen and oxygen atoms in total. The first-order valence-electron chi connectivity index (χ1n) is 10.2. The van der Waals surface area contributed by atoms with Crippen molar-refractivity contribution in [2.75, 3.05) is 0 Å². The van der Waals surface area contributed by atoms with E-state index in [0.717, 1.165) is 18.3 Å². The van der Waals surface area contributed by atoms with Crippen LogP contribution in [0.4, 0.5) is 0 Å². The highest BCUT2D eigenvalue weighted by Gasteiger charge is 2.49. The Bertz CT molecular complexity index is 869.